The first-order valence-electron chi connectivity index (χ1n) is 6.39. The Morgan fingerprint density at radius 1 is 1.05 bits per heavy atom. The van der Waals surface area contributed by atoms with Gasteiger partial charge in [-0.3, -0.25) is 0 Å². The maximum absolute atomic E-state index is 11.2. The molecule has 0 aliphatic rings. The largest absolute Gasteiger partial charge is 0.478 e. The van der Waals surface area contributed by atoms with E-state index in [0.29, 0.717) is 11.3 Å². The Bertz CT molecular complexity index is 812. The molecular formula is C17H14O3. The third-order valence-corrected chi connectivity index (χ3v) is 3.42. The van der Waals surface area contributed by atoms with Crippen molar-refractivity contribution in [1.29, 1.82) is 0 Å². The molecule has 0 unspecified atom stereocenters. The van der Waals surface area contributed by atoms with Crippen LogP contribution in [0.25, 0.3) is 22.3 Å². The summed E-state index contributed by atoms with van der Waals surface area (Å²) in [5, 5.41) is 10.2. The van der Waals surface area contributed by atoms with Gasteiger partial charge in [-0.1, -0.05) is 23.8 Å². The van der Waals surface area contributed by atoms with Crippen molar-refractivity contribution in [3.05, 3.63) is 59.2 Å². The highest BCUT2D eigenvalue weighted by atomic mass is 16.4. The Labute approximate surface area is 116 Å². The molecule has 3 nitrogen and oxygen atoms in total. The molecule has 3 aromatic rings. The van der Waals surface area contributed by atoms with E-state index < -0.39 is 5.97 Å². The molecule has 0 fully saturated rings. The lowest BCUT2D eigenvalue weighted by Crippen LogP contribution is -1.99. The summed E-state index contributed by atoms with van der Waals surface area (Å²) in [6.07, 6.45) is 0. The minimum Gasteiger partial charge on any atom is -0.478 e. The summed E-state index contributed by atoms with van der Waals surface area (Å²) in [6, 6.07) is 13.3. The average Bonchev–Trinajstić information content (AvgIpc) is 2.81. The number of carboxylic acids is 1. The predicted octanol–water partition coefficient (Wildman–Crippen LogP) is 4.41. The van der Waals surface area contributed by atoms with Crippen LogP contribution in [-0.4, -0.2) is 11.1 Å². The van der Waals surface area contributed by atoms with Gasteiger partial charge < -0.3 is 9.52 Å². The second-order valence-corrected chi connectivity index (χ2v) is 4.99. The molecule has 0 radical (unpaired) electrons. The standard InChI is InChI=1S/C17H14O3/c1-10-3-6-15-13(7-10)9-16(20-15)12-5-4-11(2)14(8-12)17(18)19/h3-9H,1-2H3,(H,18,19). The van der Waals surface area contributed by atoms with Crippen molar-refractivity contribution in [3.63, 3.8) is 0 Å². The van der Waals surface area contributed by atoms with Crippen molar-refractivity contribution in [3.8, 4) is 11.3 Å². The molecule has 0 atom stereocenters. The lowest BCUT2D eigenvalue weighted by Gasteiger charge is -2.03. The van der Waals surface area contributed by atoms with Crippen molar-refractivity contribution in [2.24, 2.45) is 0 Å². The summed E-state index contributed by atoms with van der Waals surface area (Å²) < 4.78 is 5.79. The number of aromatic carboxylic acids is 1. The minimum atomic E-state index is -0.920. The van der Waals surface area contributed by atoms with Crippen molar-refractivity contribution in [2.45, 2.75) is 13.8 Å². The first-order valence-corrected chi connectivity index (χ1v) is 6.39. The summed E-state index contributed by atoms with van der Waals surface area (Å²) in [5.41, 5.74) is 3.80. The highest BCUT2D eigenvalue weighted by molar-refractivity contribution is 5.91. The molecule has 1 heterocycles. The number of aryl methyl sites for hydroxylation is 2. The first-order chi connectivity index (χ1) is 9.54. The van der Waals surface area contributed by atoms with Crippen LogP contribution < -0.4 is 0 Å². The van der Waals surface area contributed by atoms with Gasteiger partial charge in [-0.15, -0.1) is 0 Å². The summed E-state index contributed by atoms with van der Waals surface area (Å²) in [5.74, 6) is -0.232. The fourth-order valence-corrected chi connectivity index (χ4v) is 2.31. The predicted molar refractivity (Wildman–Crippen MR) is 78.1 cm³/mol. The molecular weight excluding hydrogens is 252 g/mol. The summed E-state index contributed by atoms with van der Waals surface area (Å²) in [4.78, 5) is 11.2. The van der Waals surface area contributed by atoms with Crippen LogP contribution in [0.1, 0.15) is 21.5 Å². The van der Waals surface area contributed by atoms with E-state index in [1.54, 1.807) is 19.1 Å². The Morgan fingerprint density at radius 2 is 1.85 bits per heavy atom. The highest BCUT2D eigenvalue weighted by Crippen LogP contribution is 2.29. The third-order valence-electron chi connectivity index (χ3n) is 3.42. The molecule has 0 bridgehead atoms. The fraction of sp³-hybridized carbons (Fsp3) is 0.118. The van der Waals surface area contributed by atoms with E-state index in [-0.39, 0.29) is 0 Å². The van der Waals surface area contributed by atoms with Gasteiger partial charge in [0.1, 0.15) is 11.3 Å². The van der Waals surface area contributed by atoms with Gasteiger partial charge in [0.15, 0.2) is 0 Å². The van der Waals surface area contributed by atoms with E-state index in [1.165, 1.54) is 5.56 Å². The number of benzene rings is 2. The number of carbonyl (C=O) groups is 1. The van der Waals surface area contributed by atoms with Gasteiger partial charge >= 0.3 is 5.97 Å². The summed E-state index contributed by atoms with van der Waals surface area (Å²) in [7, 11) is 0. The fourth-order valence-electron chi connectivity index (χ4n) is 2.31. The van der Waals surface area contributed by atoms with Crippen LogP contribution in [0.15, 0.2) is 46.9 Å². The van der Waals surface area contributed by atoms with Crippen LogP contribution >= 0.6 is 0 Å². The van der Waals surface area contributed by atoms with E-state index >= 15 is 0 Å². The van der Waals surface area contributed by atoms with Crippen LogP contribution in [0.4, 0.5) is 0 Å². The smallest absolute Gasteiger partial charge is 0.335 e. The van der Waals surface area contributed by atoms with Gasteiger partial charge in [-0.05, 0) is 43.7 Å². The number of furan rings is 1. The van der Waals surface area contributed by atoms with Gasteiger partial charge in [-0.2, -0.15) is 0 Å². The molecule has 0 aliphatic heterocycles. The number of rotatable bonds is 2. The first kappa shape index (κ1) is 12.5. The minimum absolute atomic E-state index is 0.305. The van der Waals surface area contributed by atoms with E-state index in [2.05, 4.69) is 6.07 Å². The molecule has 100 valence electrons. The van der Waals surface area contributed by atoms with Crippen molar-refractivity contribution >= 4 is 16.9 Å². The summed E-state index contributed by atoms with van der Waals surface area (Å²) in [6.45, 7) is 3.82. The average molecular weight is 266 g/mol. The van der Waals surface area contributed by atoms with Gasteiger partial charge in [0, 0.05) is 10.9 Å². The Hall–Kier alpha value is -2.55. The number of hydrogen-bond donors (Lipinski definition) is 1. The zero-order valence-corrected chi connectivity index (χ0v) is 11.3. The molecule has 1 aromatic heterocycles. The normalized spacial score (nSPS) is 10.9. The highest BCUT2D eigenvalue weighted by Gasteiger charge is 2.11. The van der Waals surface area contributed by atoms with Crippen LogP contribution in [0, 0.1) is 13.8 Å². The molecule has 0 spiro atoms. The SMILES string of the molecule is Cc1ccc2oc(-c3ccc(C)c(C(=O)O)c3)cc2c1. The van der Waals surface area contributed by atoms with Crippen LogP contribution in [0.3, 0.4) is 0 Å². The molecule has 1 N–H and O–H groups in total. The van der Waals surface area contributed by atoms with E-state index in [1.807, 2.05) is 31.2 Å². The van der Waals surface area contributed by atoms with Crippen LogP contribution in [0.2, 0.25) is 0 Å². The van der Waals surface area contributed by atoms with Crippen molar-refractivity contribution < 1.29 is 14.3 Å². The lowest BCUT2D eigenvalue weighted by molar-refractivity contribution is 0.0696. The van der Waals surface area contributed by atoms with Crippen molar-refractivity contribution in [1.82, 2.24) is 0 Å². The molecule has 20 heavy (non-hydrogen) atoms. The quantitative estimate of drug-likeness (QED) is 0.747. The maximum atomic E-state index is 11.2. The van der Waals surface area contributed by atoms with Crippen molar-refractivity contribution in [2.75, 3.05) is 0 Å². The molecule has 0 saturated carbocycles. The topological polar surface area (TPSA) is 50.4 Å². The van der Waals surface area contributed by atoms with E-state index in [0.717, 1.165) is 22.1 Å². The molecule has 0 saturated heterocycles. The Balaban J connectivity index is 2.15. The number of hydrogen-bond acceptors (Lipinski definition) is 2. The van der Waals surface area contributed by atoms with Gasteiger partial charge in [0.05, 0.1) is 5.56 Å². The zero-order valence-electron chi connectivity index (χ0n) is 11.3. The zero-order chi connectivity index (χ0) is 14.3. The molecule has 0 aliphatic carbocycles. The molecule has 3 rings (SSSR count). The monoisotopic (exact) mass is 266 g/mol. The van der Waals surface area contributed by atoms with Gasteiger partial charge in [-0.25, -0.2) is 4.79 Å². The second kappa shape index (κ2) is 4.53. The van der Waals surface area contributed by atoms with Crippen LogP contribution in [-0.2, 0) is 0 Å². The second-order valence-electron chi connectivity index (χ2n) is 4.99. The van der Waals surface area contributed by atoms with Crippen LogP contribution in [0.5, 0.6) is 0 Å². The molecule has 0 amide bonds. The molecule has 2 aromatic carbocycles. The molecule has 3 heteroatoms. The van der Waals surface area contributed by atoms with E-state index in [4.69, 9.17) is 4.42 Å². The Kier molecular flexibility index (Phi) is 2.83. The lowest BCUT2D eigenvalue weighted by atomic mass is 10.0. The Morgan fingerprint density at radius 3 is 2.60 bits per heavy atom. The van der Waals surface area contributed by atoms with E-state index in [9.17, 15) is 9.90 Å². The number of fused-ring (bicyclic) bond motifs is 1. The maximum Gasteiger partial charge on any atom is 0.335 e. The van der Waals surface area contributed by atoms with Gasteiger partial charge in [0.2, 0.25) is 0 Å². The third kappa shape index (κ3) is 2.07. The number of carboxylic acid groups (broad SMARTS) is 1. The summed E-state index contributed by atoms with van der Waals surface area (Å²) >= 11 is 0. The van der Waals surface area contributed by atoms with Gasteiger partial charge in [0.25, 0.3) is 0 Å².